The standard InChI is InChI=1S/C12H21N3/c1-9-6-5-7-11(10(9)2)12(14-13)8-15(3)4/h5-7,12,14H,8,13H2,1-4H3. The summed E-state index contributed by atoms with van der Waals surface area (Å²) < 4.78 is 0. The zero-order valence-electron chi connectivity index (χ0n) is 10.0. The van der Waals surface area contributed by atoms with E-state index in [1.165, 1.54) is 16.7 Å². The summed E-state index contributed by atoms with van der Waals surface area (Å²) in [6, 6.07) is 6.54. The lowest BCUT2D eigenvalue weighted by atomic mass is 9.97. The van der Waals surface area contributed by atoms with E-state index in [-0.39, 0.29) is 6.04 Å². The normalized spacial score (nSPS) is 13.2. The molecule has 0 amide bonds. The number of benzene rings is 1. The third-order valence-corrected chi connectivity index (χ3v) is 2.77. The van der Waals surface area contributed by atoms with Crippen molar-refractivity contribution in [3.8, 4) is 0 Å². The van der Waals surface area contributed by atoms with Gasteiger partial charge in [-0.2, -0.15) is 0 Å². The first-order chi connectivity index (χ1) is 7.06. The van der Waals surface area contributed by atoms with Crippen LogP contribution in [-0.4, -0.2) is 25.5 Å². The molecule has 1 aromatic rings. The van der Waals surface area contributed by atoms with E-state index in [1.807, 2.05) is 0 Å². The molecule has 0 aliphatic carbocycles. The Labute approximate surface area is 92.2 Å². The van der Waals surface area contributed by atoms with E-state index in [2.05, 4.69) is 56.5 Å². The minimum atomic E-state index is 0.194. The van der Waals surface area contributed by atoms with Gasteiger partial charge >= 0.3 is 0 Å². The van der Waals surface area contributed by atoms with Crippen LogP contribution in [0.3, 0.4) is 0 Å². The molecule has 84 valence electrons. The lowest BCUT2D eigenvalue weighted by molar-refractivity contribution is 0.344. The van der Waals surface area contributed by atoms with Crippen LogP contribution in [0.4, 0.5) is 0 Å². The molecule has 3 N–H and O–H groups in total. The van der Waals surface area contributed by atoms with Crippen LogP contribution in [0.1, 0.15) is 22.7 Å². The molecule has 0 heterocycles. The van der Waals surface area contributed by atoms with Crippen molar-refractivity contribution in [2.24, 2.45) is 5.84 Å². The highest BCUT2D eigenvalue weighted by atomic mass is 15.3. The largest absolute Gasteiger partial charge is 0.307 e. The van der Waals surface area contributed by atoms with Gasteiger partial charge < -0.3 is 4.90 Å². The topological polar surface area (TPSA) is 41.3 Å². The fourth-order valence-corrected chi connectivity index (χ4v) is 1.76. The summed E-state index contributed by atoms with van der Waals surface area (Å²) in [5.41, 5.74) is 6.79. The number of hydrogen-bond acceptors (Lipinski definition) is 3. The maximum Gasteiger partial charge on any atom is 0.0589 e. The molecule has 0 saturated heterocycles. The minimum Gasteiger partial charge on any atom is -0.307 e. The van der Waals surface area contributed by atoms with Crippen LogP contribution in [0, 0.1) is 13.8 Å². The molecule has 1 unspecified atom stereocenters. The van der Waals surface area contributed by atoms with E-state index < -0.39 is 0 Å². The molecule has 0 aliphatic rings. The average Bonchev–Trinajstić information content (AvgIpc) is 2.19. The van der Waals surface area contributed by atoms with Crippen LogP contribution in [0.5, 0.6) is 0 Å². The lowest BCUT2D eigenvalue weighted by Crippen LogP contribution is -2.35. The molecular weight excluding hydrogens is 186 g/mol. The van der Waals surface area contributed by atoms with Crippen molar-refractivity contribution in [2.75, 3.05) is 20.6 Å². The Kier molecular flexibility index (Phi) is 4.27. The number of nitrogens with zero attached hydrogens (tertiary/aromatic N) is 1. The molecular formula is C12H21N3. The first kappa shape index (κ1) is 12.2. The van der Waals surface area contributed by atoms with Gasteiger partial charge in [0.15, 0.2) is 0 Å². The van der Waals surface area contributed by atoms with E-state index in [9.17, 15) is 0 Å². The smallest absolute Gasteiger partial charge is 0.0589 e. The van der Waals surface area contributed by atoms with Gasteiger partial charge in [0, 0.05) is 6.54 Å². The van der Waals surface area contributed by atoms with Crippen molar-refractivity contribution in [1.82, 2.24) is 10.3 Å². The highest BCUT2D eigenvalue weighted by molar-refractivity contribution is 5.35. The number of nitrogens with two attached hydrogens (primary N) is 1. The van der Waals surface area contributed by atoms with Crippen LogP contribution < -0.4 is 11.3 Å². The van der Waals surface area contributed by atoms with Crippen molar-refractivity contribution < 1.29 is 0 Å². The third kappa shape index (κ3) is 3.02. The molecule has 0 radical (unpaired) electrons. The van der Waals surface area contributed by atoms with Gasteiger partial charge in [-0.15, -0.1) is 0 Å². The quantitative estimate of drug-likeness (QED) is 0.579. The van der Waals surface area contributed by atoms with Crippen molar-refractivity contribution in [2.45, 2.75) is 19.9 Å². The SMILES string of the molecule is Cc1cccc(C(CN(C)C)NN)c1C. The number of rotatable bonds is 4. The Morgan fingerprint density at radius 1 is 1.33 bits per heavy atom. The van der Waals surface area contributed by atoms with Crippen molar-refractivity contribution in [3.63, 3.8) is 0 Å². The summed E-state index contributed by atoms with van der Waals surface area (Å²) >= 11 is 0. The van der Waals surface area contributed by atoms with Gasteiger partial charge in [0.2, 0.25) is 0 Å². The summed E-state index contributed by atoms with van der Waals surface area (Å²) in [4.78, 5) is 2.13. The Hall–Kier alpha value is -0.900. The minimum absolute atomic E-state index is 0.194. The van der Waals surface area contributed by atoms with Crippen LogP contribution >= 0.6 is 0 Å². The summed E-state index contributed by atoms with van der Waals surface area (Å²) in [5.74, 6) is 5.60. The molecule has 0 fully saturated rings. The molecule has 0 aliphatic heterocycles. The second-order valence-electron chi connectivity index (χ2n) is 4.27. The number of hydrogen-bond donors (Lipinski definition) is 2. The highest BCUT2D eigenvalue weighted by Crippen LogP contribution is 2.20. The molecule has 3 nitrogen and oxygen atoms in total. The summed E-state index contributed by atoms with van der Waals surface area (Å²) in [6.45, 7) is 5.17. The van der Waals surface area contributed by atoms with E-state index >= 15 is 0 Å². The Morgan fingerprint density at radius 3 is 2.53 bits per heavy atom. The molecule has 15 heavy (non-hydrogen) atoms. The fourth-order valence-electron chi connectivity index (χ4n) is 1.76. The van der Waals surface area contributed by atoms with Gasteiger partial charge in [-0.05, 0) is 44.6 Å². The first-order valence-electron chi connectivity index (χ1n) is 5.23. The zero-order chi connectivity index (χ0) is 11.4. The number of hydrazine groups is 1. The number of nitrogens with one attached hydrogen (secondary N) is 1. The first-order valence-corrected chi connectivity index (χ1v) is 5.23. The predicted octanol–water partition coefficient (Wildman–Crippen LogP) is 1.37. The number of aryl methyl sites for hydroxylation is 1. The monoisotopic (exact) mass is 207 g/mol. The molecule has 0 bridgehead atoms. The maximum atomic E-state index is 5.60. The Bertz CT molecular complexity index is 321. The van der Waals surface area contributed by atoms with Crippen molar-refractivity contribution in [3.05, 3.63) is 34.9 Å². The van der Waals surface area contributed by atoms with E-state index in [1.54, 1.807) is 0 Å². The van der Waals surface area contributed by atoms with Crippen LogP contribution in [0.2, 0.25) is 0 Å². The molecule has 3 heteroatoms. The van der Waals surface area contributed by atoms with E-state index in [0.717, 1.165) is 6.54 Å². The average molecular weight is 207 g/mol. The maximum absolute atomic E-state index is 5.60. The zero-order valence-corrected chi connectivity index (χ0v) is 10.0. The second kappa shape index (κ2) is 5.26. The highest BCUT2D eigenvalue weighted by Gasteiger charge is 2.13. The summed E-state index contributed by atoms with van der Waals surface area (Å²) in [6.07, 6.45) is 0. The summed E-state index contributed by atoms with van der Waals surface area (Å²) in [5, 5.41) is 0. The van der Waals surface area contributed by atoms with E-state index in [0.29, 0.717) is 0 Å². The van der Waals surface area contributed by atoms with Crippen LogP contribution in [0.15, 0.2) is 18.2 Å². The van der Waals surface area contributed by atoms with Gasteiger partial charge in [-0.1, -0.05) is 18.2 Å². The Balaban J connectivity index is 2.96. The molecule has 0 saturated carbocycles. The molecule has 0 aromatic heterocycles. The summed E-state index contributed by atoms with van der Waals surface area (Å²) in [7, 11) is 4.10. The molecule has 1 rings (SSSR count). The molecule has 1 atom stereocenters. The van der Waals surface area contributed by atoms with Crippen LogP contribution in [-0.2, 0) is 0 Å². The fraction of sp³-hybridized carbons (Fsp3) is 0.500. The van der Waals surface area contributed by atoms with Gasteiger partial charge in [-0.25, -0.2) is 0 Å². The predicted molar refractivity (Wildman–Crippen MR) is 64.5 cm³/mol. The second-order valence-corrected chi connectivity index (χ2v) is 4.27. The molecule has 0 spiro atoms. The van der Waals surface area contributed by atoms with E-state index in [4.69, 9.17) is 5.84 Å². The van der Waals surface area contributed by atoms with Gasteiger partial charge in [0.1, 0.15) is 0 Å². The third-order valence-electron chi connectivity index (χ3n) is 2.77. The van der Waals surface area contributed by atoms with Gasteiger partial charge in [-0.3, -0.25) is 11.3 Å². The lowest BCUT2D eigenvalue weighted by Gasteiger charge is -2.22. The molecule has 1 aromatic carbocycles. The van der Waals surface area contributed by atoms with Gasteiger partial charge in [0.05, 0.1) is 6.04 Å². The van der Waals surface area contributed by atoms with Crippen molar-refractivity contribution in [1.29, 1.82) is 0 Å². The number of likely N-dealkylation sites (N-methyl/N-ethyl adjacent to an activating group) is 1. The van der Waals surface area contributed by atoms with Gasteiger partial charge in [0.25, 0.3) is 0 Å². The van der Waals surface area contributed by atoms with Crippen molar-refractivity contribution >= 4 is 0 Å². The Morgan fingerprint density at radius 2 is 2.00 bits per heavy atom. The van der Waals surface area contributed by atoms with Crippen LogP contribution in [0.25, 0.3) is 0 Å².